The van der Waals surface area contributed by atoms with Gasteiger partial charge in [0.15, 0.2) is 0 Å². The molecule has 0 fully saturated rings. The van der Waals surface area contributed by atoms with Gasteiger partial charge in [-0.25, -0.2) is 8.42 Å². The highest BCUT2D eigenvalue weighted by Crippen LogP contribution is 2.32. The zero-order chi connectivity index (χ0) is 21.8. The number of hydrogen-bond acceptors (Lipinski definition) is 4. The summed E-state index contributed by atoms with van der Waals surface area (Å²) in [6.45, 7) is 0.622. The number of halogens is 3. The highest BCUT2D eigenvalue weighted by atomic mass is 32.2. The summed E-state index contributed by atoms with van der Waals surface area (Å²) in [5, 5.41) is 5.00. The van der Waals surface area contributed by atoms with Crippen molar-refractivity contribution in [2.24, 2.45) is 0 Å². The first-order valence-corrected chi connectivity index (χ1v) is 10.0. The van der Waals surface area contributed by atoms with Crippen LogP contribution < -0.4 is 14.9 Å². The number of alkyl halides is 3. The van der Waals surface area contributed by atoms with Gasteiger partial charge >= 0.3 is 6.18 Å². The summed E-state index contributed by atoms with van der Waals surface area (Å²) in [6, 6.07) is 9.73. The second-order valence-corrected chi connectivity index (χ2v) is 8.03. The first-order chi connectivity index (χ1) is 13.4. The maximum absolute atomic E-state index is 12.9. The number of nitrogens with one attached hydrogen (secondary N) is 2. The second kappa shape index (κ2) is 8.52. The molecule has 0 saturated heterocycles. The Balaban J connectivity index is 2.19. The van der Waals surface area contributed by atoms with Crippen molar-refractivity contribution < 1.29 is 31.2 Å². The molecule has 0 aliphatic heterocycles. The maximum Gasteiger partial charge on any atom is 0.416 e. The lowest BCUT2D eigenvalue weighted by molar-refractivity contribution is -0.137. The topological polar surface area (TPSA) is 95.6 Å². The Morgan fingerprint density at radius 3 is 2.03 bits per heavy atom. The number of benzene rings is 2. The van der Waals surface area contributed by atoms with E-state index in [1.54, 1.807) is 0 Å². The molecular weight excluding hydrogens is 411 g/mol. The first-order valence-electron chi connectivity index (χ1n) is 8.19. The van der Waals surface area contributed by atoms with Gasteiger partial charge in [0.25, 0.3) is 0 Å². The molecule has 7 nitrogen and oxygen atoms in total. The Morgan fingerprint density at radius 2 is 1.55 bits per heavy atom. The highest BCUT2D eigenvalue weighted by Gasteiger charge is 2.32. The third-order valence-electron chi connectivity index (χ3n) is 3.64. The molecule has 0 unspecified atom stereocenters. The smallest absolute Gasteiger partial charge is 0.326 e. The molecule has 11 heteroatoms. The molecule has 2 N–H and O–H groups in total. The summed E-state index contributed by atoms with van der Waals surface area (Å²) in [5.41, 5.74) is -0.491. The Morgan fingerprint density at radius 1 is 1.00 bits per heavy atom. The van der Waals surface area contributed by atoms with Crippen LogP contribution in [0.5, 0.6) is 0 Å². The molecule has 2 amide bonds. The summed E-state index contributed by atoms with van der Waals surface area (Å²) in [7, 11) is -4.03. The fraction of sp³-hybridized carbons (Fsp3) is 0.222. The lowest BCUT2D eigenvalue weighted by Gasteiger charge is -2.22. The van der Waals surface area contributed by atoms with E-state index in [-0.39, 0.29) is 11.6 Å². The normalized spacial score (nSPS) is 11.6. The van der Waals surface area contributed by atoms with Crippen molar-refractivity contribution in [1.29, 1.82) is 0 Å². The molecule has 0 saturated carbocycles. The molecule has 0 spiro atoms. The predicted molar refractivity (Wildman–Crippen MR) is 103 cm³/mol. The van der Waals surface area contributed by atoms with E-state index in [1.807, 2.05) is 0 Å². The minimum Gasteiger partial charge on any atom is -0.326 e. The summed E-state index contributed by atoms with van der Waals surface area (Å²) in [6.07, 6.45) is -3.86. The van der Waals surface area contributed by atoms with Crippen molar-refractivity contribution >= 4 is 38.9 Å². The molecule has 0 heterocycles. The van der Waals surface area contributed by atoms with Crippen LogP contribution >= 0.6 is 0 Å². The molecule has 0 bridgehead atoms. The van der Waals surface area contributed by atoms with Gasteiger partial charge in [-0.05, 0) is 42.5 Å². The molecular formula is C18H18F3N3O4S. The summed E-state index contributed by atoms with van der Waals surface area (Å²) >= 11 is 0. The molecule has 0 radical (unpaired) electrons. The van der Waals surface area contributed by atoms with Crippen LogP contribution in [-0.4, -0.2) is 33.0 Å². The second-order valence-electron chi connectivity index (χ2n) is 6.12. The molecule has 29 heavy (non-hydrogen) atoms. The number of nitrogens with zero attached hydrogens (tertiary/aromatic N) is 1. The lowest BCUT2D eigenvalue weighted by Crippen LogP contribution is -2.37. The number of hydrogen-bond donors (Lipinski definition) is 2. The molecule has 0 aliphatic rings. The van der Waals surface area contributed by atoms with Gasteiger partial charge in [0.2, 0.25) is 21.8 Å². The standard InChI is InChI=1S/C18H18F3N3O4S/c1-12(25)22-14-6-8-15(9-7-14)23-17(26)11-24(29(2,27)28)16-5-3-4-13(10-16)18(19,20)21/h3-10H,11H2,1-2H3,(H,22,25)(H,23,26). The number of amides is 2. The van der Waals surface area contributed by atoms with Crippen molar-refractivity contribution in [3.05, 3.63) is 54.1 Å². The molecule has 2 aromatic rings. The molecule has 0 aliphatic carbocycles. The molecule has 0 aromatic heterocycles. The fourth-order valence-electron chi connectivity index (χ4n) is 2.41. The lowest BCUT2D eigenvalue weighted by atomic mass is 10.2. The SMILES string of the molecule is CC(=O)Nc1ccc(NC(=O)CN(c2cccc(C(F)(F)F)c2)S(C)(=O)=O)cc1. The molecule has 2 aromatic carbocycles. The zero-order valence-electron chi connectivity index (χ0n) is 15.4. The number of anilines is 3. The number of sulfonamides is 1. The third kappa shape index (κ3) is 6.49. The summed E-state index contributed by atoms with van der Waals surface area (Å²) in [4.78, 5) is 23.3. The fourth-order valence-corrected chi connectivity index (χ4v) is 3.26. The van der Waals surface area contributed by atoms with Crippen LogP contribution in [0.15, 0.2) is 48.5 Å². The Hall–Kier alpha value is -3.08. The van der Waals surface area contributed by atoms with Crippen LogP contribution in [0.3, 0.4) is 0 Å². The van der Waals surface area contributed by atoms with Gasteiger partial charge in [-0.3, -0.25) is 13.9 Å². The van der Waals surface area contributed by atoms with E-state index in [1.165, 1.54) is 37.3 Å². The van der Waals surface area contributed by atoms with E-state index in [2.05, 4.69) is 10.6 Å². The van der Waals surface area contributed by atoms with E-state index < -0.39 is 34.2 Å². The highest BCUT2D eigenvalue weighted by molar-refractivity contribution is 7.92. The molecule has 2 rings (SSSR count). The molecule has 0 atom stereocenters. The van der Waals surface area contributed by atoms with E-state index in [9.17, 15) is 31.2 Å². The van der Waals surface area contributed by atoms with Crippen LogP contribution in [0, 0.1) is 0 Å². The Bertz CT molecular complexity index is 1010. The van der Waals surface area contributed by atoms with E-state index in [0.717, 1.165) is 18.4 Å². The van der Waals surface area contributed by atoms with Crippen molar-refractivity contribution in [2.45, 2.75) is 13.1 Å². The minimum absolute atomic E-state index is 0.272. The largest absolute Gasteiger partial charge is 0.416 e. The van der Waals surface area contributed by atoms with Gasteiger partial charge in [0, 0.05) is 18.3 Å². The van der Waals surface area contributed by atoms with Crippen LogP contribution in [0.4, 0.5) is 30.2 Å². The zero-order valence-corrected chi connectivity index (χ0v) is 16.3. The van der Waals surface area contributed by atoms with Crippen molar-refractivity contribution in [3.8, 4) is 0 Å². The summed E-state index contributed by atoms with van der Waals surface area (Å²) < 4.78 is 63.4. The minimum atomic E-state index is -4.66. The predicted octanol–water partition coefficient (Wildman–Crippen LogP) is 3.07. The van der Waals surface area contributed by atoms with Gasteiger partial charge in [0.1, 0.15) is 6.54 Å². The summed E-state index contributed by atoms with van der Waals surface area (Å²) in [5.74, 6) is -1.02. The number of carbonyl (C=O) groups excluding carboxylic acids is 2. The van der Waals surface area contributed by atoms with Crippen LogP contribution in [0.2, 0.25) is 0 Å². The molecule has 156 valence electrons. The first kappa shape index (κ1) is 22.2. The van der Waals surface area contributed by atoms with E-state index >= 15 is 0 Å². The van der Waals surface area contributed by atoms with Crippen LogP contribution in [0.25, 0.3) is 0 Å². The Kier molecular flexibility index (Phi) is 6.52. The Labute approximate surface area is 165 Å². The van der Waals surface area contributed by atoms with Crippen molar-refractivity contribution in [2.75, 3.05) is 27.7 Å². The van der Waals surface area contributed by atoms with Gasteiger partial charge in [-0.1, -0.05) is 6.07 Å². The average Bonchev–Trinajstić information content (AvgIpc) is 2.59. The monoisotopic (exact) mass is 429 g/mol. The average molecular weight is 429 g/mol. The number of carbonyl (C=O) groups is 2. The van der Waals surface area contributed by atoms with Gasteiger partial charge < -0.3 is 10.6 Å². The number of rotatable bonds is 6. The van der Waals surface area contributed by atoms with Crippen molar-refractivity contribution in [3.63, 3.8) is 0 Å². The van der Waals surface area contributed by atoms with Gasteiger partial charge in [0.05, 0.1) is 17.5 Å². The van der Waals surface area contributed by atoms with E-state index in [4.69, 9.17) is 0 Å². The van der Waals surface area contributed by atoms with Crippen LogP contribution in [-0.2, 0) is 25.8 Å². The van der Waals surface area contributed by atoms with Gasteiger partial charge in [-0.2, -0.15) is 13.2 Å². The van der Waals surface area contributed by atoms with Crippen molar-refractivity contribution in [1.82, 2.24) is 0 Å². The van der Waals surface area contributed by atoms with Crippen LogP contribution in [0.1, 0.15) is 12.5 Å². The third-order valence-corrected chi connectivity index (χ3v) is 4.78. The maximum atomic E-state index is 12.9. The quantitative estimate of drug-likeness (QED) is 0.738. The van der Waals surface area contributed by atoms with Gasteiger partial charge in [-0.15, -0.1) is 0 Å². The van der Waals surface area contributed by atoms with E-state index in [0.29, 0.717) is 21.7 Å².